The van der Waals surface area contributed by atoms with Crippen molar-refractivity contribution in [1.82, 2.24) is 24.6 Å². The van der Waals surface area contributed by atoms with E-state index in [1.165, 1.54) is 5.56 Å². The van der Waals surface area contributed by atoms with Crippen LogP contribution in [-0.4, -0.2) is 90.5 Å². The normalized spacial score (nSPS) is 21.5. The lowest BCUT2D eigenvalue weighted by Crippen LogP contribution is -2.33. The van der Waals surface area contributed by atoms with Gasteiger partial charge in [0.1, 0.15) is 0 Å². The van der Waals surface area contributed by atoms with Gasteiger partial charge in [0.25, 0.3) is 0 Å². The van der Waals surface area contributed by atoms with E-state index in [2.05, 4.69) is 31.5 Å². The van der Waals surface area contributed by atoms with Crippen LogP contribution < -0.4 is 5.32 Å². The highest BCUT2D eigenvalue weighted by Gasteiger charge is 2.45. The zero-order valence-corrected chi connectivity index (χ0v) is 19.3. The highest BCUT2D eigenvalue weighted by atomic mass is 19.4. The molecule has 3 N–H and O–H groups in total. The molecule has 2 atom stereocenters. The molecule has 0 aromatic carbocycles. The van der Waals surface area contributed by atoms with E-state index < -0.39 is 24.3 Å². The second-order valence-electron chi connectivity index (χ2n) is 8.20. The molecule has 0 radical (unpaired) electrons. The van der Waals surface area contributed by atoms with E-state index in [1.807, 2.05) is 24.0 Å². The predicted molar refractivity (Wildman–Crippen MR) is 113 cm³/mol. The number of rotatable bonds is 4. The smallest absolute Gasteiger partial charge is 0.475 e. The highest BCUT2D eigenvalue weighted by Crippen LogP contribution is 2.36. The molecule has 2 fully saturated rings. The Hall–Kier alpha value is -3.47. The van der Waals surface area contributed by atoms with Gasteiger partial charge in [-0.25, -0.2) is 19.6 Å². The largest absolute Gasteiger partial charge is 0.490 e. The van der Waals surface area contributed by atoms with E-state index in [1.54, 1.807) is 12.4 Å². The number of nitrogens with one attached hydrogen (secondary N) is 1. The molecule has 2 aliphatic rings. The van der Waals surface area contributed by atoms with Gasteiger partial charge in [-0.2, -0.15) is 31.4 Å². The van der Waals surface area contributed by atoms with Gasteiger partial charge < -0.3 is 20.3 Å². The number of aromatic nitrogens is 4. The van der Waals surface area contributed by atoms with Gasteiger partial charge in [-0.3, -0.25) is 9.58 Å². The van der Waals surface area contributed by atoms with Gasteiger partial charge in [0, 0.05) is 57.3 Å². The molecule has 0 saturated carbocycles. The Balaban J connectivity index is 0.000000286. The molecule has 0 aliphatic carbocycles. The van der Waals surface area contributed by atoms with E-state index in [4.69, 9.17) is 24.5 Å². The van der Waals surface area contributed by atoms with Gasteiger partial charge in [0.2, 0.25) is 5.95 Å². The number of hydrogen-bond acceptors (Lipinski definition) is 8. The summed E-state index contributed by atoms with van der Waals surface area (Å²) in [7, 11) is 1.96. The summed E-state index contributed by atoms with van der Waals surface area (Å²) in [5, 5.41) is 21.9. The molecule has 2 aromatic rings. The van der Waals surface area contributed by atoms with E-state index in [0.717, 1.165) is 39.1 Å². The third-order valence-electron chi connectivity index (χ3n) is 5.15. The molecular formula is C20H24F6N6O5. The Morgan fingerprint density at radius 2 is 1.70 bits per heavy atom. The Labute approximate surface area is 206 Å². The zero-order valence-electron chi connectivity index (χ0n) is 19.3. The van der Waals surface area contributed by atoms with Crippen LogP contribution in [0.25, 0.3) is 0 Å². The van der Waals surface area contributed by atoms with Crippen molar-refractivity contribution in [2.45, 2.75) is 43.4 Å². The lowest BCUT2D eigenvalue weighted by molar-refractivity contribution is -0.193. The Morgan fingerprint density at radius 3 is 2.19 bits per heavy atom. The van der Waals surface area contributed by atoms with Gasteiger partial charge in [-0.05, 0) is 12.5 Å². The van der Waals surface area contributed by atoms with Gasteiger partial charge in [0.05, 0.1) is 24.4 Å². The van der Waals surface area contributed by atoms with E-state index in [-0.39, 0.29) is 11.6 Å². The van der Waals surface area contributed by atoms with Crippen LogP contribution in [0.2, 0.25) is 0 Å². The summed E-state index contributed by atoms with van der Waals surface area (Å²) in [6.45, 7) is 3.72. The maximum atomic E-state index is 10.6. The molecule has 4 heterocycles. The number of anilines is 1. The summed E-state index contributed by atoms with van der Waals surface area (Å²) in [6, 6.07) is 2.11. The molecule has 1 spiro atoms. The number of likely N-dealkylation sites (tertiary alicyclic amines) is 1. The Bertz CT molecular complexity index is 1010. The first-order valence-electron chi connectivity index (χ1n) is 10.6. The van der Waals surface area contributed by atoms with Gasteiger partial charge in [0.15, 0.2) is 0 Å². The molecule has 2 unspecified atom stereocenters. The number of aryl methyl sites for hydroxylation is 1. The molecule has 0 amide bonds. The first-order chi connectivity index (χ1) is 17.1. The number of carboxylic acids is 2. The topological polar surface area (TPSA) is 143 Å². The van der Waals surface area contributed by atoms with Crippen molar-refractivity contribution < 1.29 is 50.9 Å². The van der Waals surface area contributed by atoms with Gasteiger partial charge in [-0.1, -0.05) is 0 Å². The van der Waals surface area contributed by atoms with Crippen molar-refractivity contribution in [2.24, 2.45) is 7.05 Å². The van der Waals surface area contributed by atoms with Crippen LogP contribution in [0.5, 0.6) is 0 Å². The number of aliphatic carboxylic acids is 2. The zero-order chi connectivity index (χ0) is 27.9. The number of halogens is 6. The quantitative estimate of drug-likeness (QED) is 0.493. The summed E-state index contributed by atoms with van der Waals surface area (Å²) in [5.74, 6) is -4.83. The van der Waals surface area contributed by atoms with E-state index >= 15 is 0 Å². The van der Waals surface area contributed by atoms with Crippen LogP contribution in [-0.2, 0) is 27.9 Å². The molecule has 11 nitrogen and oxygen atoms in total. The van der Waals surface area contributed by atoms with Crippen LogP contribution >= 0.6 is 0 Å². The van der Waals surface area contributed by atoms with Crippen LogP contribution in [0, 0.1) is 0 Å². The number of hydrogen-bond donors (Lipinski definition) is 3. The SMILES string of the molecule is Cn1cc(CN2CCC3(CC(Nc4ncccn4)CO3)C2)cn1.O=C(O)C(F)(F)F.O=C(O)C(F)(F)F. The highest BCUT2D eigenvalue weighted by molar-refractivity contribution is 5.73. The van der Waals surface area contributed by atoms with E-state index in [9.17, 15) is 26.3 Å². The number of ether oxygens (including phenoxy) is 1. The third kappa shape index (κ3) is 9.83. The fourth-order valence-corrected chi connectivity index (χ4v) is 3.65. The van der Waals surface area contributed by atoms with Crippen molar-refractivity contribution in [3.63, 3.8) is 0 Å². The number of nitrogens with zero attached hydrogens (tertiary/aromatic N) is 5. The summed E-state index contributed by atoms with van der Waals surface area (Å²) in [4.78, 5) is 28.7. The van der Waals surface area contributed by atoms with Crippen molar-refractivity contribution in [3.05, 3.63) is 36.4 Å². The maximum absolute atomic E-state index is 10.6. The number of carbonyl (C=O) groups is 2. The van der Waals surface area contributed by atoms with Crippen molar-refractivity contribution in [2.75, 3.05) is 25.0 Å². The van der Waals surface area contributed by atoms with Crippen LogP contribution in [0.4, 0.5) is 32.3 Å². The average molecular weight is 542 g/mol. The monoisotopic (exact) mass is 542 g/mol. The standard InChI is InChI=1S/C16H22N6O.2C2HF3O2/c1-21-9-13(8-19-21)10-22-6-3-16(12-22)7-14(11-23-16)20-15-17-4-2-5-18-15;2*3-2(4,5)1(6)7/h2,4-5,8-9,14H,3,6-7,10-12H2,1H3,(H,17,18,20);2*(H,6,7). The van der Waals surface area contributed by atoms with Crippen LogP contribution in [0.1, 0.15) is 18.4 Å². The third-order valence-corrected chi connectivity index (χ3v) is 5.15. The average Bonchev–Trinajstić information content (AvgIpc) is 3.50. The van der Waals surface area contributed by atoms with Gasteiger partial charge in [-0.15, -0.1) is 0 Å². The first-order valence-corrected chi connectivity index (χ1v) is 10.6. The fourth-order valence-electron chi connectivity index (χ4n) is 3.65. The van der Waals surface area contributed by atoms with Crippen molar-refractivity contribution >= 4 is 17.9 Å². The molecule has 2 saturated heterocycles. The van der Waals surface area contributed by atoms with Crippen molar-refractivity contribution in [1.29, 1.82) is 0 Å². The maximum Gasteiger partial charge on any atom is 0.490 e. The van der Waals surface area contributed by atoms with Gasteiger partial charge >= 0.3 is 24.3 Å². The minimum Gasteiger partial charge on any atom is -0.475 e. The minimum atomic E-state index is -5.08. The number of alkyl halides is 6. The Kier molecular flexibility index (Phi) is 9.80. The summed E-state index contributed by atoms with van der Waals surface area (Å²) in [5.41, 5.74) is 1.24. The molecule has 0 bridgehead atoms. The molecule has 2 aliphatic heterocycles. The fraction of sp³-hybridized carbons (Fsp3) is 0.550. The van der Waals surface area contributed by atoms with Crippen molar-refractivity contribution in [3.8, 4) is 0 Å². The van der Waals surface area contributed by atoms with E-state index in [0.29, 0.717) is 5.95 Å². The molecule has 206 valence electrons. The molecule has 37 heavy (non-hydrogen) atoms. The summed E-state index contributed by atoms with van der Waals surface area (Å²) < 4.78 is 71.5. The van der Waals surface area contributed by atoms with Crippen LogP contribution in [0.15, 0.2) is 30.9 Å². The second-order valence-corrected chi connectivity index (χ2v) is 8.20. The molecule has 4 rings (SSSR count). The molecule has 2 aromatic heterocycles. The van der Waals surface area contributed by atoms with Crippen LogP contribution in [0.3, 0.4) is 0 Å². The molecule has 17 heteroatoms. The number of carboxylic acid groups (broad SMARTS) is 2. The first kappa shape index (κ1) is 29.8. The summed E-state index contributed by atoms with van der Waals surface area (Å²) in [6.07, 6.45) is -0.538. The summed E-state index contributed by atoms with van der Waals surface area (Å²) >= 11 is 0. The lowest BCUT2D eigenvalue weighted by Gasteiger charge is -2.23. The second kappa shape index (κ2) is 12.2. The minimum absolute atomic E-state index is 0.0192. The lowest BCUT2D eigenvalue weighted by atomic mass is 9.97. The predicted octanol–water partition coefficient (Wildman–Crippen LogP) is 2.32. The molecular weight excluding hydrogens is 518 g/mol. The Morgan fingerprint density at radius 1 is 1.14 bits per heavy atom.